The molecule has 0 spiro atoms. The maximum atomic E-state index is 11.4. The third-order valence-electron chi connectivity index (χ3n) is 2.68. The van der Waals surface area contributed by atoms with E-state index in [2.05, 4.69) is 4.98 Å². The minimum atomic E-state index is 0.0826. The molecule has 0 radical (unpaired) electrons. The number of fused-ring (bicyclic) bond motifs is 1. The maximum absolute atomic E-state index is 11.4. The molecule has 3 rings (SSSR count). The molecule has 0 atom stereocenters. The first-order valence-corrected chi connectivity index (χ1v) is 6.61. The van der Waals surface area contributed by atoms with Crippen molar-refractivity contribution in [2.75, 3.05) is 0 Å². The molecule has 2 aliphatic heterocycles. The third kappa shape index (κ3) is 2.17. The molecule has 0 aliphatic carbocycles. The predicted molar refractivity (Wildman–Crippen MR) is 73.6 cm³/mol. The molecule has 3 nitrogen and oxygen atoms in total. The van der Waals surface area contributed by atoms with E-state index < -0.39 is 0 Å². The number of rotatable bonds is 2. The summed E-state index contributed by atoms with van der Waals surface area (Å²) in [5.41, 5.74) is 2.01. The molecule has 0 bridgehead atoms. The van der Waals surface area contributed by atoms with Gasteiger partial charge in [-0.15, -0.1) is 0 Å². The van der Waals surface area contributed by atoms with Crippen LogP contribution in [0.25, 0.3) is 10.6 Å². The van der Waals surface area contributed by atoms with Crippen LogP contribution in [0.4, 0.5) is 0 Å². The molecule has 0 unspecified atom stereocenters. The maximum Gasteiger partial charge on any atom is 0.235 e. The average Bonchev–Trinajstić information content (AvgIpc) is 2.73. The highest BCUT2D eigenvalue weighted by molar-refractivity contribution is 7.13. The monoisotopic (exact) mass is 276 g/mol. The Balaban J connectivity index is 2.00. The van der Waals surface area contributed by atoms with Crippen LogP contribution in [-0.4, -0.2) is 9.55 Å². The van der Waals surface area contributed by atoms with Crippen LogP contribution in [0.3, 0.4) is 0 Å². The summed E-state index contributed by atoms with van der Waals surface area (Å²) in [5, 5.41) is 0.485. The summed E-state index contributed by atoms with van der Waals surface area (Å²) in [5.74, 6) is 0. The predicted octanol–water partition coefficient (Wildman–Crippen LogP) is 3.11. The molecule has 0 aromatic carbocycles. The SMILES string of the molecule is O=c1cc2n(Cc3ccc(Cl)nc3)cccc-2s1. The van der Waals surface area contributed by atoms with E-state index in [9.17, 15) is 4.79 Å². The van der Waals surface area contributed by atoms with Gasteiger partial charge in [-0.3, -0.25) is 4.79 Å². The first-order valence-electron chi connectivity index (χ1n) is 5.42. The van der Waals surface area contributed by atoms with Gasteiger partial charge in [0.1, 0.15) is 5.15 Å². The van der Waals surface area contributed by atoms with Crippen molar-refractivity contribution >= 4 is 22.9 Å². The molecule has 0 amide bonds. The highest BCUT2D eigenvalue weighted by Crippen LogP contribution is 2.24. The summed E-state index contributed by atoms with van der Waals surface area (Å²) >= 11 is 7.02. The molecule has 0 saturated carbocycles. The van der Waals surface area contributed by atoms with E-state index in [4.69, 9.17) is 11.6 Å². The second-order valence-electron chi connectivity index (χ2n) is 3.94. The summed E-state index contributed by atoms with van der Waals surface area (Å²) in [4.78, 5) is 16.5. The number of nitrogens with zero attached hydrogens (tertiary/aromatic N) is 2. The quantitative estimate of drug-likeness (QED) is 0.674. The normalized spacial score (nSPS) is 10.9. The Labute approximate surface area is 113 Å². The smallest absolute Gasteiger partial charge is 0.235 e. The molecule has 1 aromatic rings. The zero-order valence-electron chi connectivity index (χ0n) is 9.34. The van der Waals surface area contributed by atoms with Gasteiger partial charge in [0, 0.05) is 25.0 Å². The van der Waals surface area contributed by atoms with E-state index >= 15 is 0 Å². The third-order valence-corrected chi connectivity index (χ3v) is 3.79. The largest absolute Gasteiger partial charge is 0.342 e. The fraction of sp³-hybridized carbons (Fsp3) is 0.0769. The van der Waals surface area contributed by atoms with Crippen LogP contribution >= 0.6 is 22.9 Å². The molecule has 90 valence electrons. The zero-order chi connectivity index (χ0) is 12.5. The van der Waals surface area contributed by atoms with Gasteiger partial charge in [-0.05, 0) is 23.8 Å². The van der Waals surface area contributed by atoms with Crippen molar-refractivity contribution in [1.29, 1.82) is 0 Å². The van der Waals surface area contributed by atoms with Crippen LogP contribution in [0.15, 0.2) is 47.5 Å². The molecule has 2 aliphatic rings. The van der Waals surface area contributed by atoms with Crippen molar-refractivity contribution in [2.24, 2.45) is 0 Å². The van der Waals surface area contributed by atoms with Crippen molar-refractivity contribution in [3.8, 4) is 10.6 Å². The summed E-state index contributed by atoms with van der Waals surface area (Å²) < 4.78 is 2.12. The van der Waals surface area contributed by atoms with E-state index in [0.29, 0.717) is 11.7 Å². The Morgan fingerprint density at radius 3 is 3.00 bits per heavy atom. The van der Waals surface area contributed by atoms with Gasteiger partial charge in [-0.25, -0.2) is 4.98 Å². The second-order valence-corrected chi connectivity index (χ2v) is 5.37. The van der Waals surface area contributed by atoms with Crippen molar-refractivity contribution < 1.29 is 0 Å². The lowest BCUT2D eigenvalue weighted by Gasteiger charge is -2.11. The highest BCUT2D eigenvalue weighted by Gasteiger charge is 2.09. The Bertz CT molecular complexity index is 702. The van der Waals surface area contributed by atoms with E-state index in [0.717, 1.165) is 16.1 Å². The van der Waals surface area contributed by atoms with Gasteiger partial charge in [0.05, 0.1) is 10.6 Å². The molecular weight excluding hydrogens is 268 g/mol. The summed E-state index contributed by atoms with van der Waals surface area (Å²) in [6.07, 6.45) is 3.71. The minimum absolute atomic E-state index is 0.0826. The van der Waals surface area contributed by atoms with Crippen LogP contribution in [0.2, 0.25) is 5.15 Å². The van der Waals surface area contributed by atoms with E-state index in [1.54, 1.807) is 18.3 Å². The number of hydrogen-bond donors (Lipinski definition) is 0. The molecule has 3 heterocycles. The molecule has 5 heteroatoms. The van der Waals surface area contributed by atoms with E-state index in [1.807, 2.05) is 29.0 Å². The number of thiophene rings is 1. The first-order chi connectivity index (χ1) is 8.72. The molecule has 0 N–H and O–H groups in total. The van der Waals surface area contributed by atoms with Crippen LogP contribution in [0.1, 0.15) is 5.56 Å². The van der Waals surface area contributed by atoms with Gasteiger partial charge in [0.15, 0.2) is 0 Å². The molecule has 1 aromatic heterocycles. The van der Waals surface area contributed by atoms with Gasteiger partial charge < -0.3 is 4.57 Å². The Morgan fingerprint density at radius 1 is 1.33 bits per heavy atom. The van der Waals surface area contributed by atoms with Gasteiger partial charge in [0.2, 0.25) is 4.74 Å². The number of pyridine rings is 2. The van der Waals surface area contributed by atoms with Crippen LogP contribution in [0, 0.1) is 0 Å². The van der Waals surface area contributed by atoms with Gasteiger partial charge >= 0.3 is 0 Å². The van der Waals surface area contributed by atoms with Crippen LogP contribution < -0.4 is 4.74 Å². The van der Waals surface area contributed by atoms with Crippen LogP contribution in [-0.2, 0) is 6.54 Å². The van der Waals surface area contributed by atoms with Gasteiger partial charge in [-0.1, -0.05) is 29.0 Å². The Hall–Kier alpha value is -1.65. The van der Waals surface area contributed by atoms with Crippen molar-refractivity contribution in [1.82, 2.24) is 9.55 Å². The number of hydrogen-bond acceptors (Lipinski definition) is 3. The van der Waals surface area contributed by atoms with Crippen molar-refractivity contribution in [2.45, 2.75) is 6.54 Å². The topological polar surface area (TPSA) is 34.9 Å². The summed E-state index contributed by atoms with van der Waals surface area (Å²) in [6.45, 7) is 0.678. The minimum Gasteiger partial charge on any atom is -0.342 e. The Morgan fingerprint density at radius 2 is 2.22 bits per heavy atom. The lowest BCUT2D eigenvalue weighted by Crippen LogP contribution is -2.03. The molecule has 18 heavy (non-hydrogen) atoms. The van der Waals surface area contributed by atoms with E-state index in [-0.39, 0.29) is 4.74 Å². The summed E-state index contributed by atoms with van der Waals surface area (Å²) in [6, 6.07) is 9.28. The Kier molecular flexibility index (Phi) is 2.89. The molecular formula is C13H9ClN2OS. The van der Waals surface area contributed by atoms with Gasteiger partial charge in [-0.2, -0.15) is 0 Å². The summed E-state index contributed by atoms with van der Waals surface area (Å²) in [7, 11) is 0. The van der Waals surface area contributed by atoms with Crippen molar-refractivity contribution in [3.05, 3.63) is 63.0 Å². The van der Waals surface area contributed by atoms with Crippen molar-refractivity contribution in [3.63, 3.8) is 0 Å². The van der Waals surface area contributed by atoms with Crippen LogP contribution in [0.5, 0.6) is 0 Å². The zero-order valence-corrected chi connectivity index (χ0v) is 10.9. The average molecular weight is 277 g/mol. The second kappa shape index (κ2) is 4.55. The standard InChI is InChI=1S/C13H9ClN2OS/c14-12-4-3-9(7-15-12)8-16-5-1-2-11-10(16)6-13(17)18-11/h1-7H,8H2. The highest BCUT2D eigenvalue weighted by atomic mass is 35.5. The first kappa shape index (κ1) is 11.4. The fourth-order valence-electron chi connectivity index (χ4n) is 1.87. The van der Waals surface area contributed by atoms with Gasteiger partial charge in [0.25, 0.3) is 0 Å². The fourth-order valence-corrected chi connectivity index (χ4v) is 2.79. The van der Waals surface area contributed by atoms with E-state index in [1.165, 1.54) is 11.3 Å². The molecule has 0 saturated heterocycles. The number of halogens is 1. The molecule has 0 fully saturated rings. The number of aromatic nitrogens is 2. The lowest BCUT2D eigenvalue weighted by molar-refractivity contribution is 0.797. The lowest BCUT2D eigenvalue weighted by atomic mass is 10.2.